The third-order valence-electron chi connectivity index (χ3n) is 5.04. The van der Waals surface area contributed by atoms with Gasteiger partial charge in [0.25, 0.3) is 0 Å². The first-order valence-corrected chi connectivity index (χ1v) is 10.8. The quantitative estimate of drug-likeness (QED) is 0.345. The van der Waals surface area contributed by atoms with E-state index >= 15 is 0 Å². The Hall–Kier alpha value is -3.14. The second-order valence-electron chi connectivity index (χ2n) is 7.76. The molecule has 0 fully saturated rings. The van der Waals surface area contributed by atoms with Gasteiger partial charge in [0, 0.05) is 22.2 Å². The van der Waals surface area contributed by atoms with Crippen molar-refractivity contribution in [2.24, 2.45) is 0 Å². The van der Waals surface area contributed by atoms with Gasteiger partial charge in [-0.2, -0.15) is 0 Å². The van der Waals surface area contributed by atoms with Crippen molar-refractivity contribution in [3.05, 3.63) is 74.6 Å². The van der Waals surface area contributed by atoms with Crippen LogP contribution in [0.1, 0.15) is 35.0 Å². The molecule has 0 aliphatic carbocycles. The lowest BCUT2D eigenvalue weighted by Gasteiger charge is -2.31. The second kappa shape index (κ2) is 7.23. The summed E-state index contributed by atoms with van der Waals surface area (Å²) in [5.74, 6) is 6.86. The summed E-state index contributed by atoms with van der Waals surface area (Å²) >= 11 is 7.81. The number of aromatic amines is 1. The molecule has 0 radical (unpaired) electrons. The van der Waals surface area contributed by atoms with Gasteiger partial charge < -0.3 is 9.72 Å². The largest absolute Gasteiger partial charge is 0.481 e. The number of nitrogens with one attached hydrogen (secondary N) is 1. The molecule has 0 saturated heterocycles. The number of ether oxygens (including phenoxy) is 1. The number of thiazole rings is 1. The molecule has 7 heteroatoms. The fourth-order valence-corrected chi connectivity index (χ4v) is 4.46. The molecule has 0 saturated carbocycles. The Morgan fingerprint density at radius 2 is 2.03 bits per heavy atom. The Bertz CT molecular complexity index is 1370. The van der Waals surface area contributed by atoms with Crippen molar-refractivity contribution in [3.8, 4) is 40.2 Å². The number of H-pyrrole nitrogens is 1. The van der Waals surface area contributed by atoms with E-state index in [0.29, 0.717) is 16.6 Å². The van der Waals surface area contributed by atoms with Crippen LogP contribution in [-0.2, 0) is 5.60 Å². The van der Waals surface area contributed by atoms with Crippen LogP contribution in [0.2, 0.25) is 5.02 Å². The molecule has 5 rings (SSSR count). The molecule has 3 heterocycles. The van der Waals surface area contributed by atoms with Crippen LogP contribution in [0.4, 0.5) is 4.39 Å². The number of aryl methyl sites for hydroxylation is 1. The Labute approximate surface area is 188 Å². The number of imidazole rings is 1. The van der Waals surface area contributed by atoms with Crippen molar-refractivity contribution >= 4 is 22.9 Å². The number of benzene rings is 2. The maximum Gasteiger partial charge on any atom is 0.167 e. The van der Waals surface area contributed by atoms with Crippen molar-refractivity contribution in [2.75, 3.05) is 0 Å². The first-order chi connectivity index (χ1) is 14.8. The van der Waals surface area contributed by atoms with Gasteiger partial charge in [-0.15, -0.1) is 11.3 Å². The van der Waals surface area contributed by atoms with Crippen LogP contribution < -0.4 is 4.74 Å². The van der Waals surface area contributed by atoms with Crippen molar-refractivity contribution < 1.29 is 9.13 Å². The monoisotopic (exact) mass is 449 g/mol. The van der Waals surface area contributed by atoms with E-state index in [4.69, 9.17) is 21.3 Å². The van der Waals surface area contributed by atoms with Gasteiger partial charge in [-0.3, -0.25) is 0 Å². The zero-order chi connectivity index (χ0) is 21.8. The van der Waals surface area contributed by atoms with E-state index in [1.807, 2.05) is 45.2 Å². The summed E-state index contributed by atoms with van der Waals surface area (Å²) in [6.07, 6.45) is 1.81. The average Bonchev–Trinajstić information content (AvgIpc) is 3.33. The van der Waals surface area contributed by atoms with Crippen LogP contribution >= 0.6 is 22.9 Å². The van der Waals surface area contributed by atoms with Gasteiger partial charge in [0.2, 0.25) is 0 Å². The van der Waals surface area contributed by atoms with Crippen molar-refractivity contribution in [1.82, 2.24) is 15.0 Å². The predicted octanol–water partition coefficient (Wildman–Crippen LogP) is 6.33. The molecule has 0 bridgehead atoms. The smallest absolute Gasteiger partial charge is 0.167 e. The maximum absolute atomic E-state index is 14.5. The van der Waals surface area contributed by atoms with E-state index < -0.39 is 11.4 Å². The van der Waals surface area contributed by atoms with Gasteiger partial charge in [-0.25, -0.2) is 14.4 Å². The highest BCUT2D eigenvalue weighted by Crippen LogP contribution is 2.45. The van der Waals surface area contributed by atoms with E-state index in [1.54, 1.807) is 23.5 Å². The van der Waals surface area contributed by atoms with Crippen LogP contribution in [0.3, 0.4) is 0 Å². The first kappa shape index (κ1) is 19.8. The Morgan fingerprint density at radius 1 is 1.19 bits per heavy atom. The van der Waals surface area contributed by atoms with Gasteiger partial charge in [0.1, 0.15) is 23.0 Å². The molecule has 0 spiro atoms. The van der Waals surface area contributed by atoms with Crippen molar-refractivity contribution in [3.63, 3.8) is 0 Å². The van der Waals surface area contributed by atoms with E-state index in [-0.39, 0.29) is 5.56 Å². The van der Waals surface area contributed by atoms with Gasteiger partial charge in [0.05, 0.1) is 22.0 Å². The summed E-state index contributed by atoms with van der Waals surface area (Å²) in [5, 5.41) is 1.07. The zero-order valence-electron chi connectivity index (χ0n) is 17.0. The molecule has 4 aromatic rings. The third kappa shape index (κ3) is 3.50. The summed E-state index contributed by atoms with van der Waals surface area (Å²) < 4.78 is 20.7. The summed E-state index contributed by atoms with van der Waals surface area (Å²) in [6, 6.07) is 10.3. The molecule has 0 unspecified atom stereocenters. The number of nitrogens with zero attached hydrogens (tertiary/aromatic N) is 2. The van der Waals surface area contributed by atoms with Crippen LogP contribution in [0, 0.1) is 24.6 Å². The molecule has 1 aliphatic heterocycles. The second-order valence-corrected chi connectivity index (χ2v) is 9.40. The van der Waals surface area contributed by atoms with E-state index in [9.17, 15) is 4.39 Å². The summed E-state index contributed by atoms with van der Waals surface area (Å²) in [4.78, 5) is 13.3. The predicted molar refractivity (Wildman–Crippen MR) is 121 cm³/mol. The first-order valence-electron chi connectivity index (χ1n) is 9.64. The van der Waals surface area contributed by atoms with Gasteiger partial charge in [-0.1, -0.05) is 23.6 Å². The minimum Gasteiger partial charge on any atom is -0.481 e. The molecule has 2 aromatic carbocycles. The van der Waals surface area contributed by atoms with Gasteiger partial charge >= 0.3 is 0 Å². The van der Waals surface area contributed by atoms with Gasteiger partial charge in [0.15, 0.2) is 5.01 Å². The number of halogens is 2. The molecule has 1 aliphatic rings. The molecular formula is C24H17ClFN3OS. The van der Waals surface area contributed by atoms with E-state index in [2.05, 4.69) is 21.8 Å². The van der Waals surface area contributed by atoms with E-state index in [1.165, 1.54) is 6.07 Å². The molecule has 31 heavy (non-hydrogen) atoms. The SMILES string of the molecule is Cc1cnc(C#Cc2ccc3c(c2)OC(C)(C)c2[nH]c(-c4c(F)cccc4Cl)nc2-3)s1. The zero-order valence-corrected chi connectivity index (χ0v) is 18.6. The van der Waals surface area contributed by atoms with E-state index in [0.717, 1.165) is 32.4 Å². The number of aromatic nitrogens is 3. The fraction of sp³-hybridized carbons (Fsp3) is 0.167. The minimum absolute atomic E-state index is 0.247. The molecular weight excluding hydrogens is 433 g/mol. The third-order valence-corrected chi connectivity index (χ3v) is 6.19. The summed E-state index contributed by atoms with van der Waals surface area (Å²) in [5.41, 5.74) is 2.68. The highest BCUT2D eigenvalue weighted by Gasteiger charge is 2.36. The topological polar surface area (TPSA) is 50.8 Å². The highest BCUT2D eigenvalue weighted by atomic mass is 35.5. The highest BCUT2D eigenvalue weighted by molar-refractivity contribution is 7.12. The van der Waals surface area contributed by atoms with Gasteiger partial charge in [-0.05, 0) is 57.0 Å². The number of hydrogen-bond donors (Lipinski definition) is 1. The molecule has 0 atom stereocenters. The molecule has 154 valence electrons. The van der Waals surface area contributed by atoms with Crippen LogP contribution in [0.25, 0.3) is 22.6 Å². The lowest BCUT2D eigenvalue weighted by atomic mass is 9.94. The summed E-state index contributed by atoms with van der Waals surface area (Å²) in [7, 11) is 0. The Kier molecular flexibility index (Phi) is 4.62. The number of fused-ring (bicyclic) bond motifs is 3. The standard InChI is InChI=1S/C24H17ClFN3OS/c1-13-12-27-19(31-13)10-8-14-7-9-15-18(11-14)30-24(2,3)22-21(15)28-23(29-22)20-16(25)5-4-6-17(20)26/h4-7,9,11-12H,1-3H3,(H,28,29). The van der Waals surface area contributed by atoms with Crippen molar-refractivity contribution in [1.29, 1.82) is 0 Å². The molecule has 0 amide bonds. The summed E-state index contributed by atoms with van der Waals surface area (Å²) in [6.45, 7) is 5.88. The Morgan fingerprint density at radius 3 is 2.77 bits per heavy atom. The lowest BCUT2D eigenvalue weighted by molar-refractivity contribution is 0.101. The normalized spacial score (nSPS) is 13.6. The van der Waals surface area contributed by atoms with Crippen LogP contribution in [0.15, 0.2) is 42.6 Å². The molecule has 4 nitrogen and oxygen atoms in total. The average molecular weight is 450 g/mol. The fourth-order valence-electron chi connectivity index (χ4n) is 3.59. The maximum atomic E-state index is 14.5. The van der Waals surface area contributed by atoms with Crippen LogP contribution in [-0.4, -0.2) is 15.0 Å². The van der Waals surface area contributed by atoms with Crippen molar-refractivity contribution in [2.45, 2.75) is 26.4 Å². The minimum atomic E-state index is -0.691. The Balaban J connectivity index is 1.59. The molecule has 1 N–H and O–H groups in total. The van der Waals surface area contributed by atoms with Crippen LogP contribution in [0.5, 0.6) is 5.75 Å². The number of hydrogen-bond acceptors (Lipinski definition) is 4. The lowest BCUT2D eigenvalue weighted by Crippen LogP contribution is -2.29. The molecule has 2 aromatic heterocycles. The number of rotatable bonds is 1.